The number of anilines is 3. The summed E-state index contributed by atoms with van der Waals surface area (Å²) in [6, 6.07) is 13.6. The Bertz CT molecular complexity index is 1150. The molecule has 0 unspecified atom stereocenters. The van der Waals surface area contributed by atoms with Crippen LogP contribution in [-0.4, -0.2) is 85.9 Å². The molecule has 0 radical (unpaired) electrons. The van der Waals surface area contributed by atoms with E-state index in [4.69, 9.17) is 4.74 Å². The molecule has 1 atom stereocenters. The Balaban J connectivity index is 1.48. The minimum absolute atomic E-state index is 0.0705. The number of ether oxygens (including phenoxy) is 1. The van der Waals surface area contributed by atoms with E-state index in [1.807, 2.05) is 31.2 Å². The van der Waals surface area contributed by atoms with E-state index in [9.17, 15) is 19.2 Å². The van der Waals surface area contributed by atoms with Crippen molar-refractivity contribution in [2.24, 2.45) is 0 Å². The summed E-state index contributed by atoms with van der Waals surface area (Å²) in [5.74, 6) is -1.18. The van der Waals surface area contributed by atoms with Crippen molar-refractivity contribution in [1.82, 2.24) is 9.80 Å². The van der Waals surface area contributed by atoms with Crippen molar-refractivity contribution in [1.29, 1.82) is 0 Å². The zero-order valence-corrected chi connectivity index (χ0v) is 20.5. The highest BCUT2D eigenvalue weighted by Crippen LogP contribution is 2.33. The lowest BCUT2D eigenvalue weighted by Gasteiger charge is -2.38. The van der Waals surface area contributed by atoms with Crippen LogP contribution >= 0.6 is 0 Å². The summed E-state index contributed by atoms with van der Waals surface area (Å²) in [4.78, 5) is 56.4. The summed E-state index contributed by atoms with van der Waals surface area (Å²) >= 11 is 0. The van der Waals surface area contributed by atoms with E-state index in [0.717, 1.165) is 5.56 Å². The predicted molar refractivity (Wildman–Crippen MR) is 136 cm³/mol. The quantitative estimate of drug-likeness (QED) is 0.604. The van der Waals surface area contributed by atoms with Gasteiger partial charge in [0.2, 0.25) is 23.6 Å². The lowest BCUT2D eigenvalue weighted by Crippen LogP contribution is -2.54. The summed E-state index contributed by atoms with van der Waals surface area (Å²) in [5.41, 5.74) is 2.79. The molecule has 0 saturated carbocycles. The minimum atomic E-state index is -0.892. The van der Waals surface area contributed by atoms with Crippen LogP contribution in [0.1, 0.15) is 12.0 Å². The van der Waals surface area contributed by atoms with Gasteiger partial charge in [-0.25, -0.2) is 0 Å². The first-order valence-corrected chi connectivity index (χ1v) is 11.9. The number of likely N-dealkylation sites (N-methyl/N-ethyl adjacent to an activating group) is 1. The van der Waals surface area contributed by atoms with Crippen molar-refractivity contribution in [3.8, 4) is 0 Å². The largest absolute Gasteiger partial charge is 0.378 e. The van der Waals surface area contributed by atoms with Gasteiger partial charge in [0.1, 0.15) is 6.04 Å². The Labute approximate surface area is 210 Å². The van der Waals surface area contributed by atoms with Crippen molar-refractivity contribution < 1.29 is 23.9 Å². The number of carbonyl (C=O) groups is 4. The molecular formula is C26H31N5O5. The van der Waals surface area contributed by atoms with Gasteiger partial charge in [-0.3, -0.25) is 19.2 Å². The van der Waals surface area contributed by atoms with Gasteiger partial charge in [-0.05, 0) is 30.7 Å². The fourth-order valence-corrected chi connectivity index (χ4v) is 4.31. The first-order chi connectivity index (χ1) is 17.3. The Hall–Kier alpha value is -3.92. The Morgan fingerprint density at radius 1 is 1.08 bits per heavy atom. The Morgan fingerprint density at radius 3 is 2.53 bits per heavy atom. The van der Waals surface area contributed by atoms with E-state index in [2.05, 4.69) is 10.6 Å². The van der Waals surface area contributed by atoms with Crippen LogP contribution in [0.15, 0.2) is 48.5 Å². The van der Waals surface area contributed by atoms with E-state index in [0.29, 0.717) is 43.4 Å². The molecule has 0 bridgehead atoms. The molecule has 0 spiro atoms. The van der Waals surface area contributed by atoms with Gasteiger partial charge in [-0.15, -0.1) is 0 Å². The van der Waals surface area contributed by atoms with E-state index in [1.54, 1.807) is 41.1 Å². The van der Waals surface area contributed by atoms with E-state index in [1.165, 1.54) is 4.90 Å². The van der Waals surface area contributed by atoms with Gasteiger partial charge < -0.3 is 30.1 Å². The van der Waals surface area contributed by atoms with Gasteiger partial charge in [0.05, 0.1) is 44.1 Å². The van der Waals surface area contributed by atoms with Crippen molar-refractivity contribution in [2.45, 2.75) is 19.4 Å². The van der Waals surface area contributed by atoms with Gasteiger partial charge in [-0.2, -0.15) is 0 Å². The van der Waals surface area contributed by atoms with Crippen LogP contribution in [0.4, 0.5) is 17.1 Å². The highest BCUT2D eigenvalue weighted by molar-refractivity contribution is 6.07. The number of hydrogen-bond acceptors (Lipinski definition) is 6. The van der Waals surface area contributed by atoms with Gasteiger partial charge in [0.15, 0.2) is 0 Å². The maximum Gasteiger partial charge on any atom is 0.247 e. The third kappa shape index (κ3) is 5.83. The molecule has 36 heavy (non-hydrogen) atoms. The average Bonchev–Trinajstić information content (AvgIpc) is 2.87. The van der Waals surface area contributed by atoms with Crippen LogP contribution in [0.25, 0.3) is 0 Å². The summed E-state index contributed by atoms with van der Waals surface area (Å²) in [6.45, 7) is 3.62. The molecule has 1 saturated heterocycles. The maximum absolute atomic E-state index is 13.2. The van der Waals surface area contributed by atoms with Crippen molar-refractivity contribution in [2.75, 3.05) is 62.0 Å². The van der Waals surface area contributed by atoms with Crippen molar-refractivity contribution in [3.63, 3.8) is 0 Å². The third-order valence-corrected chi connectivity index (χ3v) is 6.42. The smallest absolute Gasteiger partial charge is 0.247 e. The molecule has 1 fully saturated rings. The van der Waals surface area contributed by atoms with E-state index in [-0.39, 0.29) is 43.1 Å². The second kappa shape index (κ2) is 11.2. The predicted octanol–water partition coefficient (Wildman–Crippen LogP) is 1.47. The summed E-state index contributed by atoms with van der Waals surface area (Å²) < 4.78 is 5.28. The summed E-state index contributed by atoms with van der Waals surface area (Å²) in [7, 11) is 1.57. The van der Waals surface area contributed by atoms with Crippen LogP contribution in [0.5, 0.6) is 0 Å². The first-order valence-electron chi connectivity index (χ1n) is 11.9. The maximum atomic E-state index is 13.2. The molecule has 10 heteroatoms. The molecule has 4 rings (SSSR count). The number of carbonyl (C=O) groups excluding carboxylic acids is 4. The van der Waals surface area contributed by atoms with E-state index < -0.39 is 6.04 Å². The number of benzene rings is 2. The first kappa shape index (κ1) is 25.2. The van der Waals surface area contributed by atoms with Crippen LogP contribution < -0.4 is 15.5 Å². The minimum Gasteiger partial charge on any atom is -0.378 e. The second-order valence-corrected chi connectivity index (χ2v) is 8.96. The zero-order valence-electron chi connectivity index (χ0n) is 20.5. The van der Waals surface area contributed by atoms with Gasteiger partial charge in [0, 0.05) is 25.8 Å². The van der Waals surface area contributed by atoms with Crippen LogP contribution in [0.2, 0.25) is 0 Å². The number of nitrogens with one attached hydrogen (secondary N) is 2. The number of amides is 4. The summed E-state index contributed by atoms with van der Waals surface area (Å²) in [6.07, 6.45) is -0.141. The zero-order chi connectivity index (χ0) is 25.7. The molecule has 2 aromatic carbocycles. The Morgan fingerprint density at radius 2 is 1.78 bits per heavy atom. The average molecular weight is 494 g/mol. The Kier molecular flexibility index (Phi) is 7.84. The third-order valence-electron chi connectivity index (χ3n) is 6.42. The normalized spacial score (nSPS) is 17.2. The number of aryl methyl sites for hydroxylation is 1. The molecule has 2 aliphatic rings. The molecule has 2 aliphatic heterocycles. The molecule has 190 valence electrons. The fraction of sp³-hybridized carbons (Fsp3) is 0.385. The highest BCUT2D eigenvalue weighted by Gasteiger charge is 2.36. The van der Waals surface area contributed by atoms with Gasteiger partial charge >= 0.3 is 0 Å². The molecule has 2 aromatic rings. The standard InChI is InChI=1S/C26H31N5O5/c1-18-7-3-4-8-19(18)27-23(32)15-22-26(35)28-20-9-5-6-10-21(20)31(22)17-24(33)29(2)16-25(34)30-11-13-36-14-12-30/h3-10,22H,11-17H2,1-2H3,(H,27,32)(H,28,35)/t22-/m1/s1. The molecule has 4 amide bonds. The molecular weight excluding hydrogens is 462 g/mol. The van der Waals surface area contributed by atoms with Crippen molar-refractivity contribution in [3.05, 3.63) is 54.1 Å². The molecule has 2 N–H and O–H groups in total. The van der Waals surface area contributed by atoms with Crippen LogP contribution in [0, 0.1) is 6.92 Å². The monoisotopic (exact) mass is 493 g/mol. The number of morpholine rings is 1. The molecule has 10 nitrogen and oxygen atoms in total. The molecule has 2 heterocycles. The van der Waals surface area contributed by atoms with Gasteiger partial charge in [-0.1, -0.05) is 30.3 Å². The fourth-order valence-electron chi connectivity index (χ4n) is 4.31. The number of nitrogens with zero attached hydrogens (tertiary/aromatic N) is 3. The van der Waals surface area contributed by atoms with Crippen LogP contribution in [0.3, 0.4) is 0 Å². The number of para-hydroxylation sites is 3. The number of rotatable bonds is 7. The van der Waals surface area contributed by atoms with E-state index >= 15 is 0 Å². The molecule has 0 aliphatic carbocycles. The topological polar surface area (TPSA) is 111 Å². The highest BCUT2D eigenvalue weighted by atomic mass is 16.5. The lowest BCUT2D eigenvalue weighted by atomic mass is 10.0. The molecule has 0 aromatic heterocycles. The SMILES string of the molecule is Cc1ccccc1NC(=O)C[C@@H]1C(=O)Nc2ccccc2N1CC(=O)N(C)CC(=O)N1CCOCC1. The second-order valence-electron chi connectivity index (χ2n) is 8.96. The van der Waals surface area contributed by atoms with Gasteiger partial charge in [0.25, 0.3) is 0 Å². The van der Waals surface area contributed by atoms with Crippen LogP contribution in [-0.2, 0) is 23.9 Å². The van der Waals surface area contributed by atoms with Crippen molar-refractivity contribution >= 4 is 40.7 Å². The number of fused-ring (bicyclic) bond motifs is 1. The number of hydrogen-bond donors (Lipinski definition) is 2. The lowest BCUT2D eigenvalue weighted by molar-refractivity contribution is -0.141. The summed E-state index contributed by atoms with van der Waals surface area (Å²) in [5, 5.41) is 5.70.